The number of hydroxylamine groups is 1. The lowest BCUT2D eigenvalue weighted by atomic mass is 9.50. The van der Waals surface area contributed by atoms with E-state index in [1.54, 1.807) is 5.57 Å². The molecule has 0 heterocycles. The fourth-order valence-electron chi connectivity index (χ4n) is 8.11. The van der Waals surface area contributed by atoms with Gasteiger partial charge in [-0.15, -0.1) is 0 Å². The van der Waals surface area contributed by atoms with Crippen LogP contribution < -0.4 is 10.4 Å². The van der Waals surface area contributed by atoms with Crippen LogP contribution in [-0.2, 0) is 4.79 Å². The molecule has 0 saturated heterocycles. The van der Waals surface area contributed by atoms with E-state index in [1.807, 2.05) is 6.08 Å². The third kappa shape index (κ3) is 3.59. The molecule has 5 nitrogen and oxygen atoms in total. The third-order valence-corrected chi connectivity index (χ3v) is 9.89. The van der Waals surface area contributed by atoms with Crippen LogP contribution in [0, 0.1) is 17.3 Å². The van der Waals surface area contributed by atoms with E-state index in [0.717, 1.165) is 44.9 Å². The molecule has 34 heavy (non-hydrogen) atoms. The number of hydrogen-bond donors (Lipinski definition) is 3. The highest BCUT2D eigenvalue weighted by molar-refractivity contribution is 5.93. The molecule has 0 aliphatic heterocycles. The van der Waals surface area contributed by atoms with Crippen molar-refractivity contribution in [2.75, 3.05) is 25.6 Å². The van der Waals surface area contributed by atoms with Crippen LogP contribution in [0.1, 0.15) is 76.2 Å². The smallest absolute Gasteiger partial charge is 0.156 e. The van der Waals surface area contributed by atoms with E-state index in [1.165, 1.54) is 22.4 Å². The van der Waals surface area contributed by atoms with Gasteiger partial charge >= 0.3 is 0 Å². The summed E-state index contributed by atoms with van der Waals surface area (Å²) in [6.45, 7) is 2.55. The quantitative estimate of drug-likeness (QED) is 0.508. The topological polar surface area (TPSA) is 72.8 Å². The van der Waals surface area contributed by atoms with Crippen molar-refractivity contribution >= 4 is 11.5 Å². The Balaban J connectivity index is 1.64. The molecular formula is C29H40N2O3. The molecule has 2 fully saturated rings. The number of allylic oxidation sites excluding steroid dienone is 4. The molecule has 0 spiro atoms. The Morgan fingerprint density at radius 3 is 2.56 bits per heavy atom. The fourth-order valence-corrected chi connectivity index (χ4v) is 8.11. The molecule has 3 N–H and O–H groups in total. The summed E-state index contributed by atoms with van der Waals surface area (Å²) in [5.41, 5.74) is 9.25. The Bertz CT molecular complexity index is 1010. The summed E-state index contributed by atoms with van der Waals surface area (Å²) in [6.07, 6.45) is 10.0. The van der Waals surface area contributed by atoms with E-state index < -0.39 is 0 Å². The van der Waals surface area contributed by atoms with Crippen molar-refractivity contribution in [2.24, 2.45) is 17.3 Å². The number of aliphatic hydroxyl groups excluding tert-OH is 1. The van der Waals surface area contributed by atoms with Crippen molar-refractivity contribution in [3.63, 3.8) is 0 Å². The van der Waals surface area contributed by atoms with Gasteiger partial charge in [-0.1, -0.05) is 24.6 Å². The van der Waals surface area contributed by atoms with Crippen molar-refractivity contribution in [1.29, 1.82) is 0 Å². The van der Waals surface area contributed by atoms with Crippen molar-refractivity contribution in [2.45, 2.75) is 76.2 Å². The van der Waals surface area contributed by atoms with Gasteiger partial charge in [0.15, 0.2) is 5.78 Å². The molecule has 5 atom stereocenters. The molecule has 0 radical (unpaired) electrons. The molecule has 1 aromatic carbocycles. The van der Waals surface area contributed by atoms with Gasteiger partial charge < -0.3 is 15.2 Å². The highest BCUT2D eigenvalue weighted by Gasteiger charge is 2.62. The zero-order valence-electron chi connectivity index (χ0n) is 20.9. The molecule has 4 aliphatic rings. The van der Waals surface area contributed by atoms with E-state index in [9.17, 15) is 15.1 Å². The summed E-state index contributed by atoms with van der Waals surface area (Å²) >= 11 is 0. The average Bonchev–Trinajstić information content (AvgIpc) is 3.14. The second-order valence-electron chi connectivity index (χ2n) is 11.5. The van der Waals surface area contributed by atoms with Gasteiger partial charge in [-0.2, -0.15) is 5.48 Å². The standard InChI is InChI=1S/C29H40N2O3/c1-28-18-25(19-5-8-21(9-6-19)31(2)3)27-23-12-10-22(33)17-20(23)7-11-24(27)26(28)13-15-29(28,30-34)14-4-16-32/h5-6,8-9,17,24-26,30,32,34H,4,7,10-16,18H2,1-3H3/t24-,25+,26-,28-,29-/m0/s1. The Morgan fingerprint density at radius 2 is 1.88 bits per heavy atom. The number of fused-ring (bicyclic) bond motifs is 4. The van der Waals surface area contributed by atoms with Gasteiger partial charge in [0.25, 0.3) is 0 Å². The maximum Gasteiger partial charge on any atom is 0.156 e. The number of carbonyl (C=O) groups excluding carboxylic acids is 1. The Kier molecular flexibility index (Phi) is 6.24. The van der Waals surface area contributed by atoms with Gasteiger partial charge in [0.1, 0.15) is 0 Å². The average molecular weight is 465 g/mol. The molecular weight excluding hydrogens is 424 g/mol. The third-order valence-electron chi connectivity index (χ3n) is 9.89. The van der Waals surface area contributed by atoms with Gasteiger partial charge in [-0.3, -0.25) is 4.79 Å². The van der Waals surface area contributed by atoms with E-state index >= 15 is 0 Å². The molecule has 1 aromatic rings. The first-order valence-electron chi connectivity index (χ1n) is 13.1. The van der Waals surface area contributed by atoms with Gasteiger partial charge in [0.2, 0.25) is 0 Å². The Hall–Kier alpha value is -1.95. The lowest BCUT2D eigenvalue weighted by Gasteiger charge is -2.56. The van der Waals surface area contributed by atoms with Gasteiger partial charge in [-0.05, 0) is 104 Å². The second-order valence-corrected chi connectivity index (χ2v) is 11.5. The molecule has 0 unspecified atom stereocenters. The van der Waals surface area contributed by atoms with Crippen LogP contribution >= 0.6 is 0 Å². The van der Waals surface area contributed by atoms with E-state index in [2.05, 4.69) is 55.7 Å². The number of carbonyl (C=O) groups is 1. The van der Waals surface area contributed by atoms with Crippen LogP contribution in [0.15, 0.2) is 47.1 Å². The van der Waals surface area contributed by atoms with Crippen molar-refractivity contribution in [1.82, 2.24) is 5.48 Å². The van der Waals surface area contributed by atoms with E-state index in [4.69, 9.17) is 0 Å². The molecule has 5 heteroatoms. The minimum absolute atomic E-state index is 0.0672. The van der Waals surface area contributed by atoms with Crippen LogP contribution in [0.3, 0.4) is 0 Å². The largest absolute Gasteiger partial charge is 0.396 e. The summed E-state index contributed by atoms with van der Waals surface area (Å²) in [4.78, 5) is 14.4. The molecule has 0 aromatic heterocycles. The van der Waals surface area contributed by atoms with Crippen LogP contribution in [0.5, 0.6) is 0 Å². The van der Waals surface area contributed by atoms with Crippen LogP contribution in [0.4, 0.5) is 5.69 Å². The normalized spacial score (nSPS) is 34.9. The number of hydrogen-bond acceptors (Lipinski definition) is 5. The summed E-state index contributed by atoms with van der Waals surface area (Å²) in [7, 11) is 4.14. The number of nitrogens with one attached hydrogen (secondary N) is 1. The van der Waals surface area contributed by atoms with Crippen molar-refractivity contribution < 1.29 is 15.1 Å². The first kappa shape index (κ1) is 23.8. The van der Waals surface area contributed by atoms with Crippen LogP contribution in [0.2, 0.25) is 0 Å². The molecule has 0 amide bonds. The Labute approximate surface area is 203 Å². The minimum atomic E-state index is -0.364. The molecule has 5 rings (SSSR count). The zero-order chi connectivity index (χ0) is 24.1. The predicted molar refractivity (Wildman–Crippen MR) is 135 cm³/mol. The predicted octanol–water partition coefficient (Wildman–Crippen LogP) is 5.14. The Morgan fingerprint density at radius 1 is 1.12 bits per heavy atom. The van der Waals surface area contributed by atoms with Gasteiger partial charge in [-0.25, -0.2) is 0 Å². The fraction of sp³-hybridized carbons (Fsp3) is 0.621. The maximum absolute atomic E-state index is 12.2. The first-order valence-corrected chi connectivity index (χ1v) is 13.1. The maximum atomic E-state index is 12.2. The summed E-state index contributed by atoms with van der Waals surface area (Å²) in [5.74, 6) is 1.56. The van der Waals surface area contributed by atoms with Crippen LogP contribution in [0.25, 0.3) is 0 Å². The summed E-state index contributed by atoms with van der Waals surface area (Å²) < 4.78 is 0. The first-order chi connectivity index (χ1) is 16.3. The van der Waals surface area contributed by atoms with Gasteiger partial charge in [0.05, 0.1) is 0 Å². The molecule has 184 valence electrons. The lowest BCUT2D eigenvalue weighted by molar-refractivity contribution is -0.114. The number of aliphatic hydroxyl groups is 1. The summed E-state index contributed by atoms with van der Waals surface area (Å²) in [6, 6.07) is 9.01. The van der Waals surface area contributed by atoms with E-state index in [-0.39, 0.29) is 29.3 Å². The monoisotopic (exact) mass is 464 g/mol. The van der Waals surface area contributed by atoms with Crippen LogP contribution in [-0.4, -0.2) is 42.3 Å². The number of nitrogens with zero attached hydrogens (tertiary/aromatic N) is 1. The van der Waals surface area contributed by atoms with E-state index in [0.29, 0.717) is 24.7 Å². The molecule has 0 bridgehead atoms. The minimum Gasteiger partial charge on any atom is -0.396 e. The SMILES string of the molecule is CN(C)c1ccc([C@H]2C[C@@]3(C)[C@@H](CC[C@]3(CCCO)NO)[C@@H]3CCC4=CC(=O)CCC4=C32)cc1. The number of anilines is 1. The molecule has 4 aliphatic carbocycles. The molecule has 2 saturated carbocycles. The lowest BCUT2D eigenvalue weighted by Crippen LogP contribution is -2.58. The summed E-state index contributed by atoms with van der Waals surface area (Å²) in [5, 5.41) is 20.1. The second kappa shape index (κ2) is 8.92. The van der Waals surface area contributed by atoms with Crippen molar-refractivity contribution in [3.05, 3.63) is 52.6 Å². The number of benzene rings is 1. The highest BCUT2D eigenvalue weighted by Crippen LogP contribution is 2.67. The number of ketones is 1. The van der Waals surface area contributed by atoms with Crippen molar-refractivity contribution in [3.8, 4) is 0 Å². The zero-order valence-corrected chi connectivity index (χ0v) is 20.9. The highest BCUT2D eigenvalue weighted by atomic mass is 16.5. The van der Waals surface area contributed by atoms with Gasteiger partial charge in [0, 0.05) is 44.3 Å². The number of rotatable bonds is 6.